The third kappa shape index (κ3) is 6.46. The van der Waals surface area contributed by atoms with Crippen LogP contribution in [0.25, 0.3) is 0 Å². The average molecular weight is 298 g/mol. The van der Waals surface area contributed by atoms with Crippen molar-refractivity contribution < 1.29 is 14.7 Å². The number of carboxylic acids is 1. The lowest BCUT2D eigenvalue weighted by molar-refractivity contribution is -0.139. The zero-order chi connectivity index (χ0) is 15.9. The fraction of sp³-hybridized carbons (Fsp3) is 0.875. The van der Waals surface area contributed by atoms with Crippen molar-refractivity contribution >= 4 is 11.9 Å². The van der Waals surface area contributed by atoms with Gasteiger partial charge in [-0.05, 0) is 37.6 Å². The normalized spacial score (nSPS) is 19.2. The summed E-state index contributed by atoms with van der Waals surface area (Å²) in [5, 5.41) is 12.1. The highest BCUT2D eigenvalue weighted by Gasteiger charge is 2.36. The standard InChI is InChI=1S/C16H30N2O3/c1-12(2)8-13(11-17)9-14(19)18-16(10-15(20)21)6-4-3-5-7-16/h12-13H,3-11,17H2,1-2H3,(H,18,19)(H,20,21)/t13-/m0/s1. The first kappa shape index (κ1) is 18.0. The Hall–Kier alpha value is -1.10. The van der Waals surface area contributed by atoms with Crippen LogP contribution >= 0.6 is 0 Å². The predicted molar refractivity (Wildman–Crippen MR) is 82.8 cm³/mol. The summed E-state index contributed by atoms with van der Waals surface area (Å²) in [6.07, 6.45) is 5.98. The third-order valence-electron chi connectivity index (χ3n) is 4.32. The highest BCUT2D eigenvalue weighted by molar-refractivity contribution is 5.78. The van der Waals surface area contributed by atoms with Gasteiger partial charge in [0.05, 0.1) is 12.0 Å². The van der Waals surface area contributed by atoms with Crippen LogP contribution in [-0.4, -0.2) is 29.1 Å². The molecule has 5 heteroatoms. The van der Waals surface area contributed by atoms with Gasteiger partial charge in [0.25, 0.3) is 0 Å². The van der Waals surface area contributed by atoms with Gasteiger partial charge < -0.3 is 16.2 Å². The van der Waals surface area contributed by atoms with E-state index in [1.54, 1.807) is 0 Å². The molecule has 1 fully saturated rings. The van der Waals surface area contributed by atoms with E-state index < -0.39 is 11.5 Å². The summed E-state index contributed by atoms with van der Waals surface area (Å²) in [6, 6.07) is 0. The van der Waals surface area contributed by atoms with E-state index in [0.717, 1.165) is 38.5 Å². The number of carbonyl (C=O) groups excluding carboxylic acids is 1. The fourth-order valence-corrected chi connectivity index (χ4v) is 3.40. The molecule has 0 aliphatic heterocycles. The Morgan fingerprint density at radius 3 is 2.33 bits per heavy atom. The Morgan fingerprint density at radius 2 is 1.86 bits per heavy atom. The molecule has 0 spiro atoms. The van der Waals surface area contributed by atoms with Gasteiger partial charge in [-0.15, -0.1) is 0 Å². The van der Waals surface area contributed by atoms with E-state index in [1.807, 2.05) is 0 Å². The SMILES string of the molecule is CC(C)C[C@H](CN)CC(=O)NC1(CC(=O)O)CCCCC1. The minimum absolute atomic E-state index is 0.0240. The molecule has 1 rings (SSSR count). The lowest BCUT2D eigenvalue weighted by atomic mass is 9.79. The molecule has 0 bridgehead atoms. The first-order valence-corrected chi connectivity index (χ1v) is 8.10. The summed E-state index contributed by atoms with van der Waals surface area (Å²) < 4.78 is 0. The van der Waals surface area contributed by atoms with Gasteiger partial charge in [0, 0.05) is 6.42 Å². The van der Waals surface area contributed by atoms with Gasteiger partial charge in [-0.2, -0.15) is 0 Å². The van der Waals surface area contributed by atoms with E-state index in [2.05, 4.69) is 19.2 Å². The van der Waals surface area contributed by atoms with E-state index in [4.69, 9.17) is 10.8 Å². The first-order valence-electron chi connectivity index (χ1n) is 8.10. The molecule has 1 saturated carbocycles. The summed E-state index contributed by atoms with van der Waals surface area (Å²) in [4.78, 5) is 23.4. The largest absolute Gasteiger partial charge is 0.481 e. The molecule has 0 radical (unpaired) electrons. The zero-order valence-corrected chi connectivity index (χ0v) is 13.4. The minimum Gasteiger partial charge on any atom is -0.481 e. The van der Waals surface area contributed by atoms with Crippen molar-refractivity contribution in [3.63, 3.8) is 0 Å². The number of rotatable bonds is 8. The lowest BCUT2D eigenvalue weighted by Crippen LogP contribution is -2.51. The monoisotopic (exact) mass is 298 g/mol. The maximum atomic E-state index is 12.3. The lowest BCUT2D eigenvalue weighted by Gasteiger charge is -2.37. The van der Waals surface area contributed by atoms with Gasteiger partial charge in [0.15, 0.2) is 0 Å². The molecule has 0 unspecified atom stereocenters. The maximum absolute atomic E-state index is 12.3. The van der Waals surface area contributed by atoms with E-state index in [1.165, 1.54) is 0 Å². The Bertz CT molecular complexity index is 349. The van der Waals surface area contributed by atoms with Crippen molar-refractivity contribution in [2.75, 3.05) is 6.54 Å². The van der Waals surface area contributed by atoms with Crippen molar-refractivity contribution in [2.45, 2.75) is 70.8 Å². The van der Waals surface area contributed by atoms with Crippen LogP contribution in [0.2, 0.25) is 0 Å². The number of carboxylic acid groups (broad SMARTS) is 1. The molecule has 1 atom stereocenters. The van der Waals surface area contributed by atoms with Gasteiger partial charge in [0.1, 0.15) is 0 Å². The van der Waals surface area contributed by atoms with Crippen molar-refractivity contribution in [1.82, 2.24) is 5.32 Å². The maximum Gasteiger partial charge on any atom is 0.305 e. The number of carbonyl (C=O) groups is 2. The second-order valence-corrected chi connectivity index (χ2v) is 6.90. The summed E-state index contributed by atoms with van der Waals surface area (Å²) >= 11 is 0. The topological polar surface area (TPSA) is 92.4 Å². The van der Waals surface area contributed by atoms with Crippen molar-refractivity contribution in [2.24, 2.45) is 17.6 Å². The smallest absolute Gasteiger partial charge is 0.305 e. The van der Waals surface area contributed by atoms with E-state index >= 15 is 0 Å². The molecule has 0 aromatic heterocycles. The Labute approximate surface area is 127 Å². The highest BCUT2D eigenvalue weighted by Crippen LogP contribution is 2.31. The van der Waals surface area contributed by atoms with Crippen LogP contribution in [0.3, 0.4) is 0 Å². The highest BCUT2D eigenvalue weighted by atomic mass is 16.4. The summed E-state index contributed by atoms with van der Waals surface area (Å²) in [5.41, 5.74) is 5.20. The summed E-state index contributed by atoms with van der Waals surface area (Å²) in [6.45, 7) is 4.73. The number of amides is 1. The number of nitrogens with one attached hydrogen (secondary N) is 1. The van der Waals surface area contributed by atoms with Crippen LogP contribution in [0.5, 0.6) is 0 Å². The molecule has 122 valence electrons. The average Bonchev–Trinajstić information content (AvgIpc) is 2.37. The van der Waals surface area contributed by atoms with Crippen LogP contribution in [0.15, 0.2) is 0 Å². The van der Waals surface area contributed by atoms with E-state index in [-0.39, 0.29) is 18.2 Å². The molecule has 5 nitrogen and oxygen atoms in total. The van der Waals surface area contributed by atoms with Crippen LogP contribution in [0, 0.1) is 11.8 Å². The van der Waals surface area contributed by atoms with Gasteiger partial charge in [-0.1, -0.05) is 33.1 Å². The molecule has 0 heterocycles. The van der Waals surface area contributed by atoms with Crippen LogP contribution in [0.1, 0.15) is 65.2 Å². The Morgan fingerprint density at radius 1 is 1.24 bits per heavy atom. The summed E-state index contributed by atoms with van der Waals surface area (Å²) in [7, 11) is 0. The number of nitrogens with two attached hydrogens (primary N) is 1. The van der Waals surface area contributed by atoms with Crippen LogP contribution in [0.4, 0.5) is 0 Å². The molecule has 1 amide bonds. The molecule has 21 heavy (non-hydrogen) atoms. The van der Waals surface area contributed by atoms with Gasteiger partial charge in [0.2, 0.25) is 5.91 Å². The van der Waals surface area contributed by atoms with Crippen LogP contribution in [-0.2, 0) is 9.59 Å². The molecule has 0 aromatic carbocycles. The number of hydrogen-bond donors (Lipinski definition) is 3. The molecule has 0 saturated heterocycles. The molecule has 1 aliphatic rings. The quantitative estimate of drug-likeness (QED) is 0.641. The molecule has 0 aromatic rings. The van der Waals surface area contributed by atoms with Crippen LogP contribution < -0.4 is 11.1 Å². The minimum atomic E-state index is -0.838. The summed E-state index contributed by atoms with van der Waals surface area (Å²) in [5.74, 6) is -0.200. The second-order valence-electron chi connectivity index (χ2n) is 6.90. The first-order chi connectivity index (χ1) is 9.87. The third-order valence-corrected chi connectivity index (χ3v) is 4.32. The van der Waals surface area contributed by atoms with Gasteiger partial charge in [-0.25, -0.2) is 0 Å². The van der Waals surface area contributed by atoms with E-state index in [9.17, 15) is 9.59 Å². The molecular weight excluding hydrogens is 268 g/mol. The second kappa shape index (κ2) is 8.37. The van der Waals surface area contributed by atoms with Gasteiger partial charge >= 0.3 is 5.97 Å². The van der Waals surface area contributed by atoms with Crippen molar-refractivity contribution in [3.8, 4) is 0 Å². The van der Waals surface area contributed by atoms with Crippen molar-refractivity contribution in [1.29, 1.82) is 0 Å². The van der Waals surface area contributed by atoms with Gasteiger partial charge in [-0.3, -0.25) is 9.59 Å². The molecule has 4 N–H and O–H groups in total. The Kier molecular flexibility index (Phi) is 7.15. The molecule has 1 aliphatic carbocycles. The number of aliphatic carboxylic acids is 1. The number of hydrogen-bond acceptors (Lipinski definition) is 3. The Balaban J connectivity index is 2.61. The zero-order valence-electron chi connectivity index (χ0n) is 13.4. The molecular formula is C16H30N2O3. The van der Waals surface area contributed by atoms with Crippen molar-refractivity contribution in [3.05, 3.63) is 0 Å². The van der Waals surface area contributed by atoms with E-state index in [0.29, 0.717) is 18.9 Å². The fourth-order valence-electron chi connectivity index (χ4n) is 3.40. The predicted octanol–water partition coefficient (Wildman–Crippen LogP) is 2.29.